The van der Waals surface area contributed by atoms with Crippen molar-refractivity contribution in [2.75, 3.05) is 17.6 Å². The maximum Gasteiger partial charge on any atom is 0.139 e. The molecule has 0 aliphatic carbocycles. The quantitative estimate of drug-likeness (QED) is 0.786. The van der Waals surface area contributed by atoms with Gasteiger partial charge in [0.2, 0.25) is 0 Å². The van der Waals surface area contributed by atoms with E-state index < -0.39 is 16.6 Å². The van der Waals surface area contributed by atoms with Gasteiger partial charge >= 0.3 is 0 Å². The Morgan fingerprint density at radius 1 is 1.05 bits per heavy atom. The summed E-state index contributed by atoms with van der Waals surface area (Å²) in [7, 11) is -1.38. The van der Waals surface area contributed by atoms with Crippen molar-refractivity contribution < 1.29 is 8.60 Å². The van der Waals surface area contributed by atoms with E-state index in [4.69, 9.17) is 0 Å². The molecule has 1 heterocycles. The molecular weight excluding hydrogens is 301 g/mol. The highest BCUT2D eigenvalue weighted by molar-refractivity contribution is 7.85. The molecule has 1 aromatic heterocycles. The van der Waals surface area contributed by atoms with Crippen LogP contribution in [-0.4, -0.2) is 26.5 Å². The molecule has 0 unspecified atom stereocenters. The third-order valence-corrected chi connectivity index (χ3v) is 4.60. The van der Waals surface area contributed by atoms with E-state index in [0.29, 0.717) is 18.1 Å². The van der Waals surface area contributed by atoms with E-state index in [1.807, 2.05) is 24.3 Å². The number of benzene rings is 2. The Balaban J connectivity index is 1.68. The summed E-state index contributed by atoms with van der Waals surface area (Å²) in [6.45, 7) is 0.432. The first-order chi connectivity index (χ1) is 10.8. The molecule has 0 saturated carbocycles. The Labute approximate surface area is 129 Å². The summed E-state index contributed by atoms with van der Waals surface area (Å²) < 4.78 is 25.7. The summed E-state index contributed by atoms with van der Waals surface area (Å²) in [6, 6.07) is 13.8. The fraction of sp³-hybridized carbons (Fsp3) is 0.125. The first kappa shape index (κ1) is 14.6. The molecule has 6 heteroatoms. The van der Waals surface area contributed by atoms with Gasteiger partial charge in [-0.05, 0) is 24.3 Å². The molecule has 0 amide bonds. The normalized spacial score (nSPS) is 12.2. The van der Waals surface area contributed by atoms with E-state index in [2.05, 4.69) is 15.3 Å². The average molecular weight is 315 g/mol. The predicted octanol–water partition coefficient (Wildman–Crippen LogP) is 2.99. The van der Waals surface area contributed by atoms with Crippen LogP contribution >= 0.6 is 0 Å². The molecule has 1 N–H and O–H groups in total. The summed E-state index contributed by atoms with van der Waals surface area (Å²) in [5, 5.41) is 4.05. The molecule has 3 rings (SSSR count). The molecule has 2 aromatic carbocycles. The third-order valence-electron chi connectivity index (χ3n) is 3.20. The van der Waals surface area contributed by atoms with Crippen LogP contribution in [0.25, 0.3) is 10.9 Å². The highest BCUT2D eigenvalue weighted by Gasteiger charge is 2.09. The van der Waals surface area contributed by atoms with Crippen LogP contribution in [0.5, 0.6) is 0 Å². The molecule has 3 aromatic rings. The molecule has 4 nitrogen and oxygen atoms in total. The van der Waals surface area contributed by atoms with Gasteiger partial charge in [0, 0.05) is 17.7 Å². The van der Waals surface area contributed by atoms with Crippen molar-refractivity contribution in [1.82, 2.24) is 9.97 Å². The lowest BCUT2D eigenvalue weighted by atomic mass is 10.2. The Kier molecular flexibility index (Phi) is 4.39. The molecule has 1 atom stereocenters. The second-order valence-electron chi connectivity index (χ2n) is 4.65. The van der Waals surface area contributed by atoms with Gasteiger partial charge < -0.3 is 5.32 Å². The summed E-state index contributed by atoms with van der Waals surface area (Å²) in [6.07, 6.45) is 1.48. The van der Waals surface area contributed by atoms with Crippen LogP contribution in [0.1, 0.15) is 0 Å². The number of nitrogens with zero attached hydrogens (tertiary/aromatic N) is 2. The Hall–Kier alpha value is -2.34. The van der Waals surface area contributed by atoms with Crippen LogP contribution in [0.15, 0.2) is 59.8 Å². The van der Waals surface area contributed by atoms with Crippen molar-refractivity contribution in [3.05, 3.63) is 60.7 Å². The van der Waals surface area contributed by atoms with Gasteiger partial charge in [-0.25, -0.2) is 14.4 Å². The van der Waals surface area contributed by atoms with E-state index >= 15 is 0 Å². The van der Waals surface area contributed by atoms with E-state index in [1.54, 1.807) is 18.2 Å². The number of rotatable bonds is 5. The monoisotopic (exact) mass is 315 g/mol. The van der Waals surface area contributed by atoms with Crippen LogP contribution < -0.4 is 5.32 Å². The van der Waals surface area contributed by atoms with Gasteiger partial charge in [0.05, 0.1) is 21.2 Å². The second kappa shape index (κ2) is 6.62. The van der Waals surface area contributed by atoms with Gasteiger partial charge in [0.15, 0.2) is 0 Å². The summed E-state index contributed by atoms with van der Waals surface area (Å²) in [4.78, 5) is 8.62. The molecule has 112 valence electrons. The predicted molar refractivity (Wildman–Crippen MR) is 85.7 cm³/mol. The highest BCUT2D eigenvalue weighted by Crippen LogP contribution is 2.18. The number of fused-ring (bicyclic) bond motifs is 1. The first-order valence-corrected chi connectivity index (χ1v) is 8.14. The van der Waals surface area contributed by atoms with Crippen LogP contribution in [0, 0.1) is 5.82 Å². The SMILES string of the molecule is O=[S@](CCNc1ncnc2ccccc12)c1ccccc1F. The van der Waals surface area contributed by atoms with Crippen LogP contribution in [0.2, 0.25) is 0 Å². The molecule has 0 radical (unpaired) electrons. The van der Waals surface area contributed by atoms with Gasteiger partial charge in [-0.15, -0.1) is 0 Å². The van der Waals surface area contributed by atoms with Crippen molar-refractivity contribution in [1.29, 1.82) is 0 Å². The van der Waals surface area contributed by atoms with Crippen molar-refractivity contribution >= 4 is 27.5 Å². The number of aromatic nitrogens is 2. The number of nitrogens with one attached hydrogen (secondary N) is 1. The van der Waals surface area contributed by atoms with Crippen molar-refractivity contribution in [2.24, 2.45) is 0 Å². The topological polar surface area (TPSA) is 54.9 Å². The summed E-state index contributed by atoms with van der Waals surface area (Å²) in [5.41, 5.74) is 0.843. The Morgan fingerprint density at radius 2 is 1.82 bits per heavy atom. The van der Waals surface area contributed by atoms with Gasteiger partial charge in [-0.1, -0.05) is 24.3 Å². The fourth-order valence-electron chi connectivity index (χ4n) is 2.15. The van der Waals surface area contributed by atoms with Gasteiger partial charge in [0.25, 0.3) is 0 Å². The minimum atomic E-state index is -1.38. The number of hydrogen-bond donors (Lipinski definition) is 1. The molecule has 0 fully saturated rings. The van der Waals surface area contributed by atoms with E-state index in [0.717, 1.165) is 10.9 Å². The Morgan fingerprint density at radius 3 is 2.68 bits per heavy atom. The number of anilines is 1. The van der Waals surface area contributed by atoms with E-state index in [-0.39, 0.29) is 4.90 Å². The zero-order valence-corrected chi connectivity index (χ0v) is 12.5. The molecular formula is C16H14FN3OS. The van der Waals surface area contributed by atoms with Crippen LogP contribution in [-0.2, 0) is 10.8 Å². The number of hydrogen-bond acceptors (Lipinski definition) is 4. The number of para-hydroxylation sites is 1. The lowest BCUT2D eigenvalue weighted by Crippen LogP contribution is -2.13. The molecule has 0 spiro atoms. The van der Waals surface area contributed by atoms with Crippen molar-refractivity contribution in [3.63, 3.8) is 0 Å². The first-order valence-electron chi connectivity index (χ1n) is 6.82. The van der Waals surface area contributed by atoms with E-state index in [9.17, 15) is 8.60 Å². The smallest absolute Gasteiger partial charge is 0.139 e. The molecule has 0 aliphatic rings. The summed E-state index contributed by atoms with van der Waals surface area (Å²) >= 11 is 0. The average Bonchev–Trinajstić information content (AvgIpc) is 2.55. The van der Waals surface area contributed by atoms with Crippen LogP contribution in [0.3, 0.4) is 0 Å². The van der Waals surface area contributed by atoms with Gasteiger partial charge in [-0.2, -0.15) is 0 Å². The van der Waals surface area contributed by atoms with Crippen LogP contribution in [0.4, 0.5) is 10.2 Å². The van der Waals surface area contributed by atoms with Gasteiger partial charge in [-0.3, -0.25) is 4.21 Å². The Bertz CT molecular complexity index is 820. The zero-order valence-electron chi connectivity index (χ0n) is 11.7. The lowest BCUT2D eigenvalue weighted by Gasteiger charge is -2.08. The maximum atomic E-state index is 13.6. The minimum absolute atomic E-state index is 0.233. The molecule has 0 aliphatic heterocycles. The second-order valence-corrected chi connectivity index (χ2v) is 6.19. The largest absolute Gasteiger partial charge is 0.369 e. The highest BCUT2D eigenvalue weighted by atomic mass is 32.2. The van der Waals surface area contributed by atoms with E-state index in [1.165, 1.54) is 12.4 Å². The molecule has 22 heavy (non-hydrogen) atoms. The summed E-state index contributed by atoms with van der Waals surface area (Å²) in [5.74, 6) is 0.559. The third kappa shape index (κ3) is 3.12. The molecule has 0 saturated heterocycles. The van der Waals surface area contributed by atoms with Crippen molar-refractivity contribution in [2.45, 2.75) is 4.90 Å². The lowest BCUT2D eigenvalue weighted by molar-refractivity contribution is 0.595. The fourth-order valence-corrected chi connectivity index (χ4v) is 3.17. The maximum absolute atomic E-state index is 13.6. The van der Waals surface area contributed by atoms with Crippen molar-refractivity contribution in [3.8, 4) is 0 Å². The standard InChI is InChI=1S/C16H14FN3OS/c17-13-6-2-4-8-15(13)22(21)10-9-18-16-12-5-1-3-7-14(12)19-11-20-16/h1-8,11H,9-10H2,(H,18,19,20)/t22-/m1/s1. The molecule has 0 bridgehead atoms. The number of halogens is 1. The minimum Gasteiger partial charge on any atom is -0.369 e. The zero-order chi connectivity index (χ0) is 15.4. The van der Waals surface area contributed by atoms with Gasteiger partial charge in [0.1, 0.15) is 18.0 Å².